The average Bonchev–Trinajstić information content (AvgIpc) is 2.80. The molecular weight excluding hydrogens is 356 g/mol. The fraction of sp³-hybridized carbons (Fsp3) is 0.0741. The van der Waals surface area contributed by atoms with Crippen molar-refractivity contribution in [2.75, 3.05) is 0 Å². The van der Waals surface area contributed by atoms with Crippen LogP contribution in [0.1, 0.15) is 34.3 Å². The van der Waals surface area contributed by atoms with Gasteiger partial charge >= 0.3 is 5.97 Å². The molecule has 0 aromatic heterocycles. The highest BCUT2D eigenvalue weighted by Crippen LogP contribution is 2.32. The first kappa shape index (κ1) is 18.7. The van der Waals surface area contributed by atoms with Gasteiger partial charge in [-0.25, -0.2) is 0 Å². The summed E-state index contributed by atoms with van der Waals surface area (Å²) in [5.41, 5.74) is 3.74. The zero-order valence-corrected chi connectivity index (χ0v) is 16.0. The minimum absolute atomic E-state index is 0.264. The van der Waals surface area contributed by atoms with E-state index in [1.165, 1.54) is 0 Å². The Bertz CT molecular complexity index is 950. The van der Waals surface area contributed by atoms with Crippen LogP contribution in [0.2, 0.25) is 0 Å². The number of rotatable bonds is 6. The summed E-state index contributed by atoms with van der Waals surface area (Å²) in [6.07, 6.45) is -0.458. The molecular formula is C27H22O2. The summed E-state index contributed by atoms with van der Waals surface area (Å²) >= 11 is 0. The Morgan fingerprint density at radius 1 is 0.483 bits per heavy atom. The lowest BCUT2D eigenvalue weighted by atomic mass is 9.91. The minimum atomic E-state index is -0.479. The van der Waals surface area contributed by atoms with Gasteiger partial charge in [-0.1, -0.05) is 121 Å². The molecule has 0 amide bonds. The summed E-state index contributed by atoms with van der Waals surface area (Å²) in [6, 6.07) is 39.3. The molecule has 0 heterocycles. The topological polar surface area (TPSA) is 26.3 Å². The predicted molar refractivity (Wildman–Crippen MR) is 116 cm³/mol. The van der Waals surface area contributed by atoms with Gasteiger partial charge in [0.2, 0.25) is 0 Å². The van der Waals surface area contributed by atoms with Gasteiger partial charge < -0.3 is 4.74 Å². The van der Waals surface area contributed by atoms with Crippen LogP contribution in [0.15, 0.2) is 121 Å². The Balaban J connectivity index is 1.71. The number of carbonyl (C=O) groups is 1. The van der Waals surface area contributed by atoms with Crippen LogP contribution in [-0.2, 0) is 9.53 Å². The molecule has 2 heteroatoms. The normalized spacial score (nSPS) is 10.8. The third kappa shape index (κ3) is 4.44. The van der Waals surface area contributed by atoms with Crippen molar-refractivity contribution in [3.8, 4) is 0 Å². The van der Waals surface area contributed by atoms with E-state index >= 15 is 0 Å². The van der Waals surface area contributed by atoms with Crippen LogP contribution in [0.3, 0.4) is 0 Å². The van der Waals surface area contributed by atoms with Crippen molar-refractivity contribution in [3.05, 3.63) is 144 Å². The molecule has 0 saturated heterocycles. The highest BCUT2D eigenvalue weighted by Gasteiger charge is 2.28. The van der Waals surface area contributed by atoms with E-state index in [4.69, 9.17) is 4.74 Å². The molecule has 0 aliphatic heterocycles. The summed E-state index contributed by atoms with van der Waals surface area (Å²) in [4.78, 5) is 13.5. The molecule has 0 aliphatic carbocycles. The van der Waals surface area contributed by atoms with E-state index in [-0.39, 0.29) is 5.97 Å². The Hall–Kier alpha value is -3.65. The van der Waals surface area contributed by atoms with Crippen molar-refractivity contribution >= 4 is 5.97 Å². The van der Waals surface area contributed by atoms with E-state index in [0.29, 0.717) is 0 Å². The largest absolute Gasteiger partial charge is 0.452 e. The highest BCUT2D eigenvalue weighted by atomic mass is 16.5. The van der Waals surface area contributed by atoms with Crippen LogP contribution in [0.4, 0.5) is 0 Å². The van der Waals surface area contributed by atoms with E-state index < -0.39 is 12.0 Å². The Morgan fingerprint density at radius 3 is 1.14 bits per heavy atom. The molecule has 2 nitrogen and oxygen atoms in total. The molecule has 0 N–H and O–H groups in total. The maximum absolute atomic E-state index is 13.5. The first-order valence-electron chi connectivity index (χ1n) is 9.73. The summed E-state index contributed by atoms with van der Waals surface area (Å²) in [5.74, 6) is -0.743. The lowest BCUT2D eigenvalue weighted by Crippen LogP contribution is -2.20. The lowest BCUT2D eigenvalue weighted by molar-refractivity contribution is -0.148. The fourth-order valence-corrected chi connectivity index (χ4v) is 3.52. The van der Waals surface area contributed by atoms with Crippen LogP contribution in [0, 0.1) is 0 Å². The third-order valence-corrected chi connectivity index (χ3v) is 4.94. The molecule has 0 radical (unpaired) electrons. The summed E-state index contributed by atoms with van der Waals surface area (Å²) in [5, 5.41) is 0. The number of hydrogen-bond acceptors (Lipinski definition) is 2. The van der Waals surface area contributed by atoms with Crippen LogP contribution in [-0.4, -0.2) is 5.97 Å². The zero-order valence-electron chi connectivity index (χ0n) is 16.0. The van der Waals surface area contributed by atoms with E-state index in [1.807, 2.05) is 121 Å². The van der Waals surface area contributed by atoms with Crippen molar-refractivity contribution in [2.24, 2.45) is 0 Å². The van der Waals surface area contributed by atoms with Crippen molar-refractivity contribution in [1.82, 2.24) is 0 Å². The molecule has 0 unspecified atom stereocenters. The Labute approximate surface area is 171 Å². The predicted octanol–water partition coefficient (Wildman–Crippen LogP) is 6.15. The number of ether oxygens (including phenoxy) is 1. The third-order valence-electron chi connectivity index (χ3n) is 4.94. The van der Waals surface area contributed by atoms with E-state index in [1.54, 1.807) is 0 Å². The molecule has 0 spiro atoms. The van der Waals surface area contributed by atoms with Crippen LogP contribution in [0.25, 0.3) is 0 Å². The van der Waals surface area contributed by atoms with Gasteiger partial charge in [0.1, 0.15) is 5.92 Å². The van der Waals surface area contributed by atoms with Crippen molar-refractivity contribution < 1.29 is 9.53 Å². The van der Waals surface area contributed by atoms with Crippen LogP contribution >= 0.6 is 0 Å². The van der Waals surface area contributed by atoms with Gasteiger partial charge in [0.15, 0.2) is 6.10 Å². The second-order valence-electron chi connectivity index (χ2n) is 6.89. The summed E-state index contributed by atoms with van der Waals surface area (Å²) < 4.78 is 6.15. The molecule has 0 atom stereocenters. The van der Waals surface area contributed by atoms with Gasteiger partial charge in [-0.15, -0.1) is 0 Å². The van der Waals surface area contributed by atoms with Crippen LogP contribution in [0.5, 0.6) is 0 Å². The molecule has 142 valence electrons. The van der Waals surface area contributed by atoms with Gasteiger partial charge in [0, 0.05) is 0 Å². The summed E-state index contributed by atoms with van der Waals surface area (Å²) in [7, 11) is 0. The Kier molecular flexibility index (Phi) is 5.82. The van der Waals surface area contributed by atoms with Crippen LogP contribution < -0.4 is 0 Å². The average molecular weight is 378 g/mol. The lowest BCUT2D eigenvalue weighted by Gasteiger charge is -2.23. The molecule has 0 aliphatic rings. The summed E-state index contributed by atoms with van der Waals surface area (Å²) in [6.45, 7) is 0. The minimum Gasteiger partial charge on any atom is -0.452 e. The second kappa shape index (κ2) is 9.03. The number of esters is 1. The van der Waals surface area contributed by atoms with Crippen molar-refractivity contribution in [1.29, 1.82) is 0 Å². The van der Waals surface area contributed by atoms with Gasteiger partial charge in [-0.05, 0) is 22.3 Å². The standard InChI is InChI=1S/C27H22O2/c28-27(25(21-13-5-1-6-14-21)22-15-7-2-8-16-22)29-26(23-17-9-3-10-18-23)24-19-11-4-12-20-24/h1-20,25-26H. The zero-order chi connectivity index (χ0) is 19.9. The first-order chi connectivity index (χ1) is 14.3. The fourth-order valence-electron chi connectivity index (χ4n) is 3.52. The van der Waals surface area contributed by atoms with Gasteiger partial charge in [-0.2, -0.15) is 0 Å². The smallest absolute Gasteiger partial charge is 0.318 e. The van der Waals surface area contributed by atoms with Crippen molar-refractivity contribution in [3.63, 3.8) is 0 Å². The van der Waals surface area contributed by atoms with Crippen molar-refractivity contribution in [2.45, 2.75) is 12.0 Å². The maximum atomic E-state index is 13.5. The number of benzene rings is 4. The molecule has 0 saturated carbocycles. The van der Waals surface area contributed by atoms with E-state index in [2.05, 4.69) is 0 Å². The quantitative estimate of drug-likeness (QED) is 0.376. The monoisotopic (exact) mass is 378 g/mol. The highest BCUT2D eigenvalue weighted by molar-refractivity contribution is 5.82. The maximum Gasteiger partial charge on any atom is 0.318 e. The number of hydrogen-bond donors (Lipinski definition) is 0. The Morgan fingerprint density at radius 2 is 0.793 bits per heavy atom. The molecule has 29 heavy (non-hydrogen) atoms. The number of carbonyl (C=O) groups excluding carboxylic acids is 1. The SMILES string of the molecule is O=C(OC(c1ccccc1)c1ccccc1)C(c1ccccc1)c1ccccc1. The molecule has 4 rings (SSSR count). The molecule has 0 fully saturated rings. The molecule has 0 bridgehead atoms. The van der Waals surface area contributed by atoms with Gasteiger partial charge in [-0.3, -0.25) is 4.79 Å². The first-order valence-corrected chi connectivity index (χ1v) is 9.73. The molecule has 4 aromatic rings. The molecule has 4 aromatic carbocycles. The van der Waals surface area contributed by atoms with E-state index in [9.17, 15) is 4.79 Å². The second-order valence-corrected chi connectivity index (χ2v) is 6.89. The van der Waals surface area contributed by atoms with Gasteiger partial charge in [0.05, 0.1) is 0 Å². The van der Waals surface area contributed by atoms with E-state index in [0.717, 1.165) is 22.3 Å². The van der Waals surface area contributed by atoms with Gasteiger partial charge in [0.25, 0.3) is 0 Å².